The average molecular weight is 505 g/mol. The molecule has 0 radical (unpaired) electrons. The number of hydrogen-bond donors (Lipinski definition) is 2. The molecule has 34 heavy (non-hydrogen) atoms. The van der Waals surface area contributed by atoms with Crippen LogP contribution in [0, 0.1) is 0 Å². The number of fused-ring (bicyclic) bond motifs is 1. The van der Waals surface area contributed by atoms with E-state index in [0.29, 0.717) is 28.3 Å². The highest BCUT2D eigenvalue weighted by Gasteiger charge is 2.39. The Balaban J connectivity index is 1.52. The van der Waals surface area contributed by atoms with Crippen molar-refractivity contribution in [3.8, 4) is 0 Å². The number of benzene rings is 1. The van der Waals surface area contributed by atoms with Gasteiger partial charge in [0.05, 0.1) is 22.3 Å². The van der Waals surface area contributed by atoms with Crippen molar-refractivity contribution in [2.45, 2.75) is 25.3 Å². The summed E-state index contributed by atoms with van der Waals surface area (Å²) in [4.78, 5) is 29.1. The molecule has 0 saturated carbocycles. The molecule has 4 rings (SSSR count). The largest absolute Gasteiger partial charge is 0.418 e. The van der Waals surface area contributed by atoms with Gasteiger partial charge in [-0.15, -0.1) is 11.3 Å². The minimum Gasteiger partial charge on any atom is -0.368 e. The third-order valence-electron chi connectivity index (χ3n) is 5.28. The second-order valence-electron chi connectivity index (χ2n) is 7.59. The fraction of sp³-hybridized carbons (Fsp3) is 0.368. The summed E-state index contributed by atoms with van der Waals surface area (Å²) in [6.45, 7) is 2.29. The topological polar surface area (TPSA) is 100 Å². The number of rotatable bonds is 2. The van der Waals surface area contributed by atoms with E-state index in [9.17, 15) is 31.1 Å². The molecule has 1 aliphatic rings. The molecule has 0 unspecified atom stereocenters. The average Bonchev–Trinajstić information content (AvgIpc) is 3.20. The quantitative estimate of drug-likeness (QED) is 0.500. The van der Waals surface area contributed by atoms with E-state index in [4.69, 9.17) is 5.73 Å². The lowest BCUT2D eigenvalue weighted by atomic mass is 10.1. The minimum atomic E-state index is -5.10. The van der Waals surface area contributed by atoms with Crippen molar-refractivity contribution in [3.05, 3.63) is 34.8 Å². The van der Waals surface area contributed by atoms with Crippen molar-refractivity contribution in [1.29, 1.82) is 0 Å². The number of nitrogen functional groups attached to an aromatic ring is 1. The number of piperazine rings is 1. The normalized spacial score (nSPS) is 17.3. The Morgan fingerprint density at radius 3 is 2.53 bits per heavy atom. The maximum Gasteiger partial charge on any atom is 0.418 e. The number of halogens is 6. The van der Waals surface area contributed by atoms with E-state index in [-0.39, 0.29) is 37.7 Å². The predicted molar refractivity (Wildman–Crippen MR) is 113 cm³/mol. The van der Waals surface area contributed by atoms with Gasteiger partial charge in [-0.1, -0.05) is 0 Å². The molecular weight excluding hydrogens is 488 g/mol. The van der Waals surface area contributed by atoms with Gasteiger partial charge in [0.2, 0.25) is 5.95 Å². The Kier molecular flexibility index (Phi) is 5.91. The zero-order chi connectivity index (χ0) is 24.8. The maximum absolute atomic E-state index is 13.4. The number of anilines is 3. The fourth-order valence-corrected chi connectivity index (χ4v) is 4.34. The van der Waals surface area contributed by atoms with Gasteiger partial charge in [-0.25, -0.2) is 14.8 Å². The molecule has 1 aromatic carbocycles. The molecule has 0 aliphatic carbocycles. The molecule has 3 heterocycles. The second-order valence-corrected chi connectivity index (χ2v) is 8.42. The monoisotopic (exact) mass is 505 g/mol. The number of nitrogens with one attached hydrogen (secondary N) is 1. The first-order valence-corrected chi connectivity index (χ1v) is 10.7. The number of urea groups is 1. The molecule has 15 heteroatoms. The summed E-state index contributed by atoms with van der Waals surface area (Å²) in [5.74, 6) is 0.541. The van der Waals surface area contributed by atoms with E-state index >= 15 is 0 Å². The van der Waals surface area contributed by atoms with Crippen LogP contribution >= 0.6 is 11.3 Å². The lowest BCUT2D eigenvalue weighted by Crippen LogP contribution is -2.55. The van der Waals surface area contributed by atoms with Crippen LogP contribution in [0.3, 0.4) is 0 Å². The van der Waals surface area contributed by atoms with E-state index in [1.54, 1.807) is 12.4 Å². The number of aromatic nitrogens is 3. The van der Waals surface area contributed by atoms with Crippen molar-refractivity contribution in [1.82, 2.24) is 19.9 Å². The molecule has 3 N–H and O–H groups in total. The van der Waals surface area contributed by atoms with Crippen LogP contribution in [-0.2, 0) is 12.4 Å². The summed E-state index contributed by atoms with van der Waals surface area (Å²) >= 11 is 1.29. The van der Waals surface area contributed by atoms with Gasteiger partial charge in [0.25, 0.3) is 0 Å². The summed E-state index contributed by atoms with van der Waals surface area (Å²) in [6.07, 6.45) is -10.1. The third kappa shape index (κ3) is 4.64. The lowest BCUT2D eigenvalue weighted by Gasteiger charge is -2.40. The summed E-state index contributed by atoms with van der Waals surface area (Å²) in [5.41, 5.74) is 4.12. The first kappa shape index (κ1) is 23.8. The molecule has 3 aromatic rings. The lowest BCUT2D eigenvalue weighted by molar-refractivity contribution is -0.142. The molecular formula is C19H17F6N7OS. The Morgan fingerprint density at radius 1 is 1.15 bits per heavy atom. The van der Waals surface area contributed by atoms with Crippen LogP contribution in [0.2, 0.25) is 0 Å². The minimum absolute atomic E-state index is 0.0191. The number of nitrogens with two attached hydrogens (primary N) is 1. The molecule has 0 bridgehead atoms. The Hall–Kier alpha value is -3.36. The van der Waals surface area contributed by atoms with E-state index in [0.717, 1.165) is 0 Å². The van der Waals surface area contributed by atoms with E-state index in [1.165, 1.54) is 16.2 Å². The SMILES string of the molecule is C[C@H]1CN(C(=O)Nc2ccc(C(F)(F)F)cc2C(F)(F)F)CCN1c1nc(N)nc2scnc12. The zero-order valence-electron chi connectivity index (χ0n) is 17.4. The molecule has 1 aliphatic heterocycles. The molecule has 2 aromatic heterocycles. The Bertz CT molecular complexity index is 1230. The van der Waals surface area contributed by atoms with Crippen molar-refractivity contribution < 1.29 is 31.1 Å². The first-order valence-electron chi connectivity index (χ1n) is 9.82. The van der Waals surface area contributed by atoms with Gasteiger partial charge in [-0.05, 0) is 25.1 Å². The van der Waals surface area contributed by atoms with Gasteiger partial charge < -0.3 is 20.9 Å². The summed E-state index contributed by atoms with van der Waals surface area (Å²) < 4.78 is 78.8. The van der Waals surface area contributed by atoms with E-state index in [2.05, 4.69) is 20.3 Å². The van der Waals surface area contributed by atoms with Gasteiger partial charge in [-0.3, -0.25) is 0 Å². The van der Waals surface area contributed by atoms with E-state index < -0.39 is 35.2 Å². The zero-order valence-corrected chi connectivity index (χ0v) is 18.2. The second kappa shape index (κ2) is 8.45. The Morgan fingerprint density at radius 2 is 1.88 bits per heavy atom. The van der Waals surface area contributed by atoms with Crippen LogP contribution in [0.4, 0.5) is 48.6 Å². The molecule has 8 nitrogen and oxygen atoms in total. The molecule has 1 atom stereocenters. The third-order valence-corrected chi connectivity index (χ3v) is 6.00. The summed E-state index contributed by atoms with van der Waals surface area (Å²) in [5, 5.41) is 2.10. The van der Waals surface area contributed by atoms with Gasteiger partial charge in [0.1, 0.15) is 5.52 Å². The molecule has 0 spiro atoms. The van der Waals surface area contributed by atoms with Crippen LogP contribution in [0.25, 0.3) is 10.3 Å². The van der Waals surface area contributed by atoms with Crippen molar-refractivity contribution in [2.75, 3.05) is 35.6 Å². The van der Waals surface area contributed by atoms with Crippen LogP contribution in [0.15, 0.2) is 23.7 Å². The van der Waals surface area contributed by atoms with Crippen LogP contribution < -0.4 is 16.0 Å². The molecule has 1 fully saturated rings. The smallest absolute Gasteiger partial charge is 0.368 e. The van der Waals surface area contributed by atoms with Crippen molar-refractivity contribution in [2.24, 2.45) is 0 Å². The highest BCUT2D eigenvalue weighted by Crippen LogP contribution is 2.39. The number of carbonyl (C=O) groups is 1. The van der Waals surface area contributed by atoms with Gasteiger partial charge in [0, 0.05) is 25.7 Å². The van der Waals surface area contributed by atoms with Gasteiger partial charge in [0.15, 0.2) is 10.6 Å². The number of hydrogen-bond acceptors (Lipinski definition) is 7. The molecule has 1 saturated heterocycles. The van der Waals surface area contributed by atoms with Crippen molar-refractivity contribution in [3.63, 3.8) is 0 Å². The molecule has 182 valence electrons. The highest BCUT2D eigenvalue weighted by atomic mass is 32.1. The number of amides is 2. The summed E-state index contributed by atoms with van der Waals surface area (Å²) in [6, 6.07) is -0.101. The number of nitrogens with zero attached hydrogens (tertiary/aromatic N) is 5. The number of alkyl halides is 6. The Labute approximate surface area is 192 Å². The van der Waals surface area contributed by atoms with Gasteiger partial charge in [-0.2, -0.15) is 31.3 Å². The van der Waals surface area contributed by atoms with E-state index in [1.807, 2.05) is 4.90 Å². The number of carbonyl (C=O) groups excluding carboxylic acids is 1. The van der Waals surface area contributed by atoms with Crippen LogP contribution in [-0.4, -0.2) is 51.6 Å². The maximum atomic E-state index is 13.4. The molecule has 2 amide bonds. The van der Waals surface area contributed by atoms with Gasteiger partial charge >= 0.3 is 18.4 Å². The highest BCUT2D eigenvalue weighted by molar-refractivity contribution is 7.16. The standard InChI is InChI=1S/C19H17F6N7OS/c1-9-7-31(4-5-32(9)14-13-15(34-8-27-13)30-16(26)29-14)17(33)28-12-3-2-10(18(20,21)22)6-11(12)19(23,24)25/h2-3,6,8-9H,4-5,7H2,1H3,(H,28,33)(H2,26,29,30)/t9-/m0/s1. The first-order chi connectivity index (χ1) is 15.8. The predicted octanol–water partition coefficient (Wildman–Crippen LogP) is 4.45. The summed E-state index contributed by atoms with van der Waals surface area (Å²) in [7, 11) is 0. The fourth-order valence-electron chi connectivity index (χ4n) is 3.68. The number of thiazole rings is 1. The van der Waals surface area contributed by atoms with Crippen LogP contribution in [0.5, 0.6) is 0 Å². The van der Waals surface area contributed by atoms with Crippen LogP contribution in [0.1, 0.15) is 18.1 Å². The van der Waals surface area contributed by atoms with Crippen molar-refractivity contribution >= 4 is 45.2 Å².